The van der Waals surface area contributed by atoms with E-state index in [1.54, 1.807) is 36.4 Å². The van der Waals surface area contributed by atoms with Gasteiger partial charge in [-0.3, -0.25) is 4.79 Å². The maximum atomic E-state index is 12.3. The minimum atomic E-state index is -0.532. The van der Waals surface area contributed by atoms with Crippen LogP contribution < -0.4 is 14.8 Å². The second-order valence-electron chi connectivity index (χ2n) is 5.16. The summed E-state index contributed by atoms with van der Waals surface area (Å²) in [5.74, 6) is 0.422. The van der Waals surface area contributed by atoms with Gasteiger partial charge in [0.25, 0.3) is 5.91 Å². The molecule has 0 aromatic heterocycles. The molecule has 25 heavy (non-hydrogen) atoms. The monoisotopic (exact) mass is 374 g/mol. The first-order chi connectivity index (χ1) is 12.1. The van der Waals surface area contributed by atoms with Crippen LogP contribution in [0.15, 0.2) is 42.0 Å². The minimum Gasteiger partial charge on any atom is -0.486 e. The molecule has 3 rings (SSSR count). The third-order valence-corrected chi connectivity index (χ3v) is 3.93. The Bertz CT molecular complexity index is 886. The van der Waals surface area contributed by atoms with E-state index in [9.17, 15) is 10.1 Å². The van der Waals surface area contributed by atoms with Gasteiger partial charge in [0.05, 0.1) is 5.02 Å². The van der Waals surface area contributed by atoms with E-state index in [4.69, 9.17) is 32.7 Å². The van der Waals surface area contributed by atoms with E-state index in [0.29, 0.717) is 46.0 Å². The van der Waals surface area contributed by atoms with Crippen molar-refractivity contribution in [2.45, 2.75) is 0 Å². The maximum absolute atomic E-state index is 12.3. The Labute approximate surface area is 154 Å². The number of halogens is 2. The van der Waals surface area contributed by atoms with Crippen LogP contribution in [0, 0.1) is 11.3 Å². The van der Waals surface area contributed by atoms with E-state index in [1.165, 1.54) is 6.08 Å². The third-order valence-electron chi connectivity index (χ3n) is 3.40. The highest BCUT2D eigenvalue weighted by Gasteiger charge is 2.17. The van der Waals surface area contributed by atoms with Crippen LogP contribution in [0.4, 0.5) is 5.69 Å². The van der Waals surface area contributed by atoms with Crippen LogP contribution in [-0.2, 0) is 4.79 Å². The zero-order valence-corrected chi connectivity index (χ0v) is 14.4. The average molecular weight is 375 g/mol. The molecule has 0 bridgehead atoms. The molecule has 5 nitrogen and oxygen atoms in total. The first-order valence-corrected chi connectivity index (χ1v) is 8.10. The van der Waals surface area contributed by atoms with Gasteiger partial charge in [0.1, 0.15) is 24.9 Å². The number of benzene rings is 2. The standard InChI is InChI=1S/C18H12Cl2N2O3/c19-13-1-3-14(4-2-13)22-18(23)12(10-21)7-11-8-15(20)17-16(9-11)24-5-6-25-17/h1-4,7-9H,5-6H2,(H,22,23)/b12-7+. The molecule has 1 aliphatic rings. The maximum Gasteiger partial charge on any atom is 0.266 e. The van der Waals surface area contributed by atoms with Gasteiger partial charge in [-0.05, 0) is 48.0 Å². The first-order valence-electron chi connectivity index (χ1n) is 7.34. The fourth-order valence-corrected chi connectivity index (χ4v) is 2.66. The lowest BCUT2D eigenvalue weighted by Crippen LogP contribution is -2.16. The van der Waals surface area contributed by atoms with Gasteiger partial charge in [-0.2, -0.15) is 5.26 Å². The van der Waals surface area contributed by atoms with Crippen LogP contribution >= 0.6 is 23.2 Å². The summed E-state index contributed by atoms with van der Waals surface area (Å²) in [6, 6.07) is 11.8. The highest BCUT2D eigenvalue weighted by molar-refractivity contribution is 6.32. The van der Waals surface area contributed by atoms with Crippen molar-refractivity contribution in [3.8, 4) is 17.6 Å². The van der Waals surface area contributed by atoms with Gasteiger partial charge in [0.2, 0.25) is 0 Å². The molecular weight excluding hydrogens is 363 g/mol. The Balaban J connectivity index is 1.85. The lowest BCUT2D eigenvalue weighted by molar-refractivity contribution is -0.112. The number of nitrogens with zero attached hydrogens (tertiary/aromatic N) is 1. The molecule has 2 aromatic rings. The molecule has 0 atom stereocenters. The fraction of sp³-hybridized carbons (Fsp3) is 0.111. The molecule has 0 unspecified atom stereocenters. The number of ether oxygens (including phenoxy) is 2. The minimum absolute atomic E-state index is 0.0669. The number of fused-ring (bicyclic) bond motifs is 1. The molecule has 1 N–H and O–H groups in total. The number of carbonyl (C=O) groups is 1. The van der Waals surface area contributed by atoms with Gasteiger partial charge in [0.15, 0.2) is 11.5 Å². The van der Waals surface area contributed by atoms with Crippen molar-refractivity contribution >= 4 is 40.9 Å². The Morgan fingerprint density at radius 3 is 2.60 bits per heavy atom. The fourth-order valence-electron chi connectivity index (χ4n) is 2.26. The number of nitriles is 1. The van der Waals surface area contributed by atoms with Gasteiger partial charge in [-0.1, -0.05) is 23.2 Å². The van der Waals surface area contributed by atoms with Gasteiger partial charge in [-0.15, -0.1) is 0 Å². The normalized spacial score (nSPS) is 13.1. The predicted molar refractivity (Wildman–Crippen MR) is 96.1 cm³/mol. The molecule has 0 aliphatic carbocycles. The van der Waals surface area contributed by atoms with Crippen molar-refractivity contribution in [3.05, 3.63) is 57.6 Å². The van der Waals surface area contributed by atoms with Gasteiger partial charge in [-0.25, -0.2) is 0 Å². The summed E-state index contributed by atoms with van der Waals surface area (Å²) >= 11 is 12.0. The van der Waals surface area contributed by atoms with Crippen molar-refractivity contribution in [3.63, 3.8) is 0 Å². The van der Waals surface area contributed by atoms with Crippen LogP contribution in [0.1, 0.15) is 5.56 Å². The molecule has 0 saturated carbocycles. The van der Waals surface area contributed by atoms with Crippen molar-refractivity contribution < 1.29 is 14.3 Å². The smallest absolute Gasteiger partial charge is 0.266 e. The molecule has 2 aromatic carbocycles. The van der Waals surface area contributed by atoms with Gasteiger partial charge >= 0.3 is 0 Å². The van der Waals surface area contributed by atoms with E-state index in [1.807, 2.05) is 6.07 Å². The van der Waals surface area contributed by atoms with Crippen LogP contribution in [0.25, 0.3) is 6.08 Å². The van der Waals surface area contributed by atoms with Crippen molar-refractivity contribution in [2.24, 2.45) is 0 Å². The summed E-state index contributed by atoms with van der Waals surface area (Å²) in [7, 11) is 0. The summed E-state index contributed by atoms with van der Waals surface area (Å²) in [5, 5.41) is 12.9. The summed E-state index contributed by atoms with van der Waals surface area (Å²) in [6.07, 6.45) is 1.44. The first kappa shape index (κ1) is 17.2. The quantitative estimate of drug-likeness (QED) is 0.641. The van der Waals surface area contributed by atoms with Gasteiger partial charge in [0, 0.05) is 10.7 Å². The number of hydrogen-bond donors (Lipinski definition) is 1. The molecule has 7 heteroatoms. The molecule has 0 fully saturated rings. The van der Waals surface area contributed by atoms with Gasteiger partial charge < -0.3 is 14.8 Å². The topological polar surface area (TPSA) is 71.3 Å². The van der Waals surface area contributed by atoms with E-state index < -0.39 is 5.91 Å². The van der Waals surface area contributed by atoms with E-state index in [-0.39, 0.29) is 5.57 Å². The molecule has 0 saturated heterocycles. The molecule has 126 valence electrons. The highest BCUT2D eigenvalue weighted by atomic mass is 35.5. The summed E-state index contributed by atoms with van der Waals surface area (Å²) in [6.45, 7) is 0.841. The third kappa shape index (κ3) is 4.05. The van der Waals surface area contributed by atoms with E-state index >= 15 is 0 Å². The number of anilines is 1. The number of carbonyl (C=O) groups excluding carboxylic acids is 1. The van der Waals surface area contributed by atoms with Crippen LogP contribution in [0.5, 0.6) is 11.5 Å². The van der Waals surface area contributed by atoms with Crippen LogP contribution in [0.2, 0.25) is 10.0 Å². The van der Waals surface area contributed by atoms with E-state index in [2.05, 4.69) is 5.32 Å². The lowest BCUT2D eigenvalue weighted by Gasteiger charge is -2.19. The molecular formula is C18H12Cl2N2O3. The summed E-state index contributed by atoms with van der Waals surface area (Å²) in [4.78, 5) is 12.3. The molecule has 1 heterocycles. The number of hydrogen-bond acceptors (Lipinski definition) is 4. The second-order valence-corrected chi connectivity index (χ2v) is 6.00. The number of amides is 1. The lowest BCUT2D eigenvalue weighted by atomic mass is 10.1. The molecule has 1 aliphatic heterocycles. The highest BCUT2D eigenvalue weighted by Crippen LogP contribution is 2.38. The Morgan fingerprint density at radius 1 is 1.16 bits per heavy atom. The summed E-state index contributed by atoms with van der Waals surface area (Å²) in [5.41, 5.74) is 1.04. The van der Waals surface area contributed by atoms with Crippen molar-refractivity contribution in [1.82, 2.24) is 0 Å². The largest absolute Gasteiger partial charge is 0.486 e. The van der Waals surface area contributed by atoms with Crippen LogP contribution in [0.3, 0.4) is 0 Å². The number of rotatable bonds is 3. The predicted octanol–water partition coefficient (Wildman–Crippen LogP) is 4.31. The SMILES string of the molecule is N#C/C(=C\c1cc(Cl)c2c(c1)OCCO2)C(=O)Nc1ccc(Cl)cc1. The van der Waals surface area contributed by atoms with Crippen molar-refractivity contribution in [2.75, 3.05) is 18.5 Å². The van der Waals surface area contributed by atoms with Crippen LogP contribution in [-0.4, -0.2) is 19.1 Å². The second kappa shape index (κ2) is 7.47. The Kier molecular flexibility index (Phi) is 5.13. The number of nitrogens with one attached hydrogen (secondary N) is 1. The van der Waals surface area contributed by atoms with Crippen molar-refractivity contribution in [1.29, 1.82) is 5.26 Å². The average Bonchev–Trinajstić information content (AvgIpc) is 2.61. The summed E-state index contributed by atoms with van der Waals surface area (Å²) < 4.78 is 10.9. The zero-order valence-electron chi connectivity index (χ0n) is 12.9. The zero-order chi connectivity index (χ0) is 17.8. The Morgan fingerprint density at radius 2 is 1.88 bits per heavy atom. The molecule has 1 amide bonds. The molecule has 0 radical (unpaired) electrons. The molecule has 0 spiro atoms. The Hall–Kier alpha value is -2.68. The van der Waals surface area contributed by atoms with E-state index in [0.717, 1.165) is 0 Å².